The predicted molar refractivity (Wildman–Crippen MR) is 97.5 cm³/mol. The molecule has 3 rings (SSSR count). The molecule has 24 heavy (non-hydrogen) atoms. The number of aromatic hydroxyl groups is 1. The minimum absolute atomic E-state index is 0.0345. The third-order valence-corrected chi connectivity index (χ3v) is 4.39. The Labute approximate surface area is 150 Å². The van der Waals surface area contributed by atoms with Crippen molar-refractivity contribution >= 4 is 41.0 Å². The lowest BCUT2D eigenvalue weighted by atomic mass is 10.2. The van der Waals surface area contributed by atoms with Gasteiger partial charge in [0.2, 0.25) is 5.91 Å². The Morgan fingerprint density at radius 1 is 1.21 bits per heavy atom. The SMILES string of the molecule is O=C1CCCN1c1ccc(CN=Cc2cc(Cl)cc(Cl)c2O)cc1. The molecule has 0 aliphatic carbocycles. The van der Waals surface area contributed by atoms with Gasteiger partial charge in [-0.1, -0.05) is 35.3 Å². The van der Waals surface area contributed by atoms with E-state index in [1.807, 2.05) is 24.3 Å². The number of phenolic OH excluding ortho intramolecular Hbond substituents is 1. The summed E-state index contributed by atoms with van der Waals surface area (Å²) in [6, 6.07) is 10.8. The van der Waals surface area contributed by atoms with E-state index in [9.17, 15) is 9.90 Å². The first-order valence-corrected chi connectivity index (χ1v) is 8.37. The second-order valence-corrected chi connectivity index (χ2v) is 6.45. The van der Waals surface area contributed by atoms with Gasteiger partial charge in [0.25, 0.3) is 0 Å². The minimum atomic E-state index is -0.0345. The molecule has 1 aliphatic heterocycles. The van der Waals surface area contributed by atoms with Gasteiger partial charge in [0, 0.05) is 35.5 Å². The molecule has 0 spiro atoms. The molecule has 1 amide bonds. The lowest BCUT2D eigenvalue weighted by Crippen LogP contribution is -2.23. The van der Waals surface area contributed by atoms with E-state index in [2.05, 4.69) is 4.99 Å². The van der Waals surface area contributed by atoms with Gasteiger partial charge < -0.3 is 10.0 Å². The van der Waals surface area contributed by atoms with Crippen molar-refractivity contribution in [1.29, 1.82) is 0 Å². The Morgan fingerprint density at radius 2 is 1.96 bits per heavy atom. The quantitative estimate of drug-likeness (QED) is 0.817. The fourth-order valence-electron chi connectivity index (χ4n) is 2.64. The molecule has 1 aliphatic rings. The average Bonchev–Trinajstić information content (AvgIpc) is 2.99. The number of carbonyl (C=O) groups is 1. The van der Waals surface area contributed by atoms with Crippen LogP contribution in [0.4, 0.5) is 5.69 Å². The number of hydrogen-bond donors (Lipinski definition) is 1. The van der Waals surface area contributed by atoms with E-state index in [1.54, 1.807) is 17.2 Å². The molecule has 1 N–H and O–H groups in total. The lowest BCUT2D eigenvalue weighted by Gasteiger charge is -2.15. The third kappa shape index (κ3) is 3.71. The van der Waals surface area contributed by atoms with E-state index in [-0.39, 0.29) is 16.7 Å². The first-order valence-electron chi connectivity index (χ1n) is 7.62. The Morgan fingerprint density at radius 3 is 2.62 bits per heavy atom. The number of aliphatic imine (C=N–C) groups is 1. The van der Waals surface area contributed by atoms with Crippen molar-refractivity contribution in [3.63, 3.8) is 0 Å². The Balaban J connectivity index is 1.68. The molecule has 124 valence electrons. The van der Waals surface area contributed by atoms with Gasteiger partial charge in [-0.25, -0.2) is 0 Å². The third-order valence-electron chi connectivity index (χ3n) is 3.88. The van der Waals surface area contributed by atoms with Crippen LogP contribution in [-0.4, -0.2) is 23.8 Å². The summed E-state index contributed by atoms with van der Waals surface area (Å²) in [5.41, 5.74) is 2.41. The van der Waals surface area contributed by atoms with Crippen LogP contribution in [0.2, 0.25) is 10.0 Å². The van der Waals surface area contributed by atoms with E-state index < -0.39 is 0 Å². The van der Waals surface area contributed by atoms with Crippen LogP contribution < -0.4 is 4.90 Å². The standard InChI is InChI=1S/C18H16Cl2N2O2/c19-14-8-13(18(24)16(20)9-14)11-21-10-12-3-5-15(6-4-12)22-7-1-2-17(22)23/h3-6,8-9,11,24H,1-2,7,10H2. The second kappa shape index (κ2) is 7.24. The molecule has 0 unspecified atom stereocenters. The van der Waals surface area contributed by atoms with E-state index in [0.29, 0.717) is 23.6 Å². The van der Waals surface area contributed by atoms with Crippen LogP contribution in [0.1, 0.15) is 24.0 Å². The van der Waals surface area contributed by atoms with Crippen molar-refractivity contribution in [2.24, 2.45) is 4.99 Å². The zero-order chi connectivity index (χ0) is 17.1. The molecule has 2 aromatic carbocycles. The van der Waals surface area contributed by atoms with Crippen molar-refractivity contribution in [2.45, 2.75) is 19.4 Å². The molecule has 0 aromatic heterocycles. The molecular weight excluding hydrogens is 347 g/mol. The molecule has 0 saturated carbocycles. The summed E-state index contributed by atoms with van der Waals surface area (Å²) in [5.74, 6) is 0.141. The molecular formula is C18H16Cl2N2O2. The highest BCUT2D eigenvalue weighted by Crippen LogP contribution is 2.30. The fraction of sp³-hybridized carbons (Fsp3) is 0.222. The Hall–Kier alpha value is -2.04. The van der Waals surface area contributed by atoms with Gasteiger partial charge in [-0.15, -0.1) is 0 Å². The number of hydrogen-bond acceptors (Lipinski definition) is 3. The molecule has 0 radical (unpaired) electrons. The highest BCUT2D eigenvalue weighted by molar-refractivity contribution is 6.36. The summed E-state index contributed by atoms with van der Waals surface area (Å²) in [7, 11) is 0. The largest absolute Gasteiger partial charge is 0.506 e. The maximum absolute atomic E-state index is 11.7. The summed E-state index contributed by atoms with van der Waals surface area (Å²) < 4.78 is 0. The number of amides is 1. The number of anilines is 1. The summed E-state index contributed by atoms with van der Waals surface area (Å²) in [5, 5.41) is 10.5. The zero-order valence-electron chi connectivity index (χ0n) is 12.9. The van der Waals surface area contributed by atoms with Crippen LogP contribution in [-0.2, 0) is 11.3 Å². The van der Waals surface area contributed by atoms with Crippen LogP contribution in [0.15, 0.2) is 41.4 Å². The number of phenols is 1. The summed E-state index contributed by atoms with van der Waals surface area (Å²) in [4.78, 5) is 17.9. The van der Waals surface area contributed by atoms with Crippen LogP contribution in [0.3, 0.4) is 0 Å². The number of carbonyl (C=O) groups excluding carboxylic acids is 1. The van der Waals surface area contributed by atoms with Gasteiger partial charge in [0.15, 0.2) is 0 Å². The predicted octanol–water partition coefficient (Wildman–Crippen LogP) is 4.44. The minimum Gasteiger partial charge on any atom is -0.506 e. The van der Waals surface area contributed by atoms with Crippen LogP contribution in [0.5, 0.6) is 5.75 Å². The maximum atomic E-state index is 11.7. The van der Waals surface area contributed by atoms with E-state index in [0.717, 1.165) is 24.2 Å². The van der Waals surface area contributed by atoms with Gasteiger partial charge in [-0.3, -0.25) is 9.79 Å². The molecule has 0 bridgehead atoms. The maximum Gasteiger partial charge on any atom is 0.227 e. The van der Waals surface area contributed by atoms with E-state index >= 15 is 0 Å². The average molecular weight is 363 g/mol. The smallest absolute Gasteiger partial charge is 0.227 e. The van der Waals surface area contributed by atoms with Gasteiger partial charge in [0.05, 0.1) is 11.6 Å². The molecule has 1 fully saturated rings. The fourth-order valence-corrected chi connectivity index (χ4v) is 3.15. The summed E-state index contributed by atoms with van der Waals surface area (Å²) in [6.07, 6.45) is 3.08. The monoisotopic (exact) mass is 362 g/mol. The van der Waals surface area contributed by atoms with Crippen LogP contribution >= 0.6 is 23.2 Å². The second-order valence-electron chi connectivity index (χ2n) is 5.61. The number of rotatable bonds is 4. The van der Waals surface area contributed by atoms with Crippen LogP contribution in [0, 0.1) is 0 Å². The van der Waals surface area contributed by atoms with Crippen molar-refractivity contribution in [3.05, 3.63) is 57.6 Å². The normalized spacial score (nSPS) is 14.8. The van der Waals surface area contributed by atoms with Crippen molar-refractivity contribution in [3.8, 4) is 5.75 Å². The van der Waals surface area contributed by atoms with Gasteiger partial charge in [0.1, 0.15) is 5.75 Å². The van der Waals surface area contributed by atoms with Crippen LogP contribution in [0.25, 0.3) is 0 Å². The molecule has 1 saturated heterocycles. The van der Waals surface area contributed by atoms with Crippen molar-refractivity contribution < 1.29 is 9.90 Å². The van der Waals surface area contributed by atoms with Crippen molar-refractivity contribution in [2.75, 3.05) is 11.4 Å². The topological polar surface area (TPSA) is 52.9 Å². The first-order chi connectivity index (χ1) is 11.5. The van der Waals surface area contributed by atoms with E-state index in [1.165, 1.54) is 6.07 Å². The molecule has 4 nitrogen and oxygen atoms in total. The highest BCUT2D eigenvalue weighted by atomic mass is 35.5. The Kier molecular flexibility index (Phi) is 5.07. The summed E-state index contributed by atoms with van der Waals surface area (Å²) >= 11 is 11.8. The van der Waals surface area contributed by atoms with Crippen molar-refractivity contribution in [1.82, 2.24) is 0 Å². The number of nitrogens with zero attached hydrogens (tertiary/aromatic N) is 2. The Bertz CT molecular complexity index is 788. The lowest BCUT2D eigenvalue weighted by molar-refractivity contribution is -0.117. The molecule has 0 atom stereocenters. The molecule has 1 heterocycles. The van der Waals surface area contributed by atoms with Gasteiger partial charge in [-0.05, 0) is 36.2 Å². The number of benzene rings is 2. The zero-order valence-corrected chi connectivity index (χ0v) is 14.4. The summed E-state index contributed by atoms with van der Waals surface area (Å²) in [6.45, 7) is 1.24. The number of halogens is 2. The van der Waals surface area contributed by atoms with E-state index in [4.69, 9.17) is 23.2 Å². The highest BCUT2D eigenvalue weighted by Gasteiger charge is 2.21. The van der Waals surface area contributed by atoms with Gasteiger partial charge >= 0.3 is 0 Å². The molecule has 6 heteroatoms. The molecule has 2 aromatic rings. The first kappa shape index (κ1) is 16.8. The van der Waals surface area contributed by atoms with Gasteiger partial charge in [-0.2, -0.15) is 0 Å².